The summed E-state index contributed by atoms with van der Waals surface area (Å²) >= 11 is 0. The maximum atomic E-state index is 10.9. The molecule has 5 nitrogen and oxygen atoms in total. The molecule has 16 heavy (non-hydrogen) atoms. The van der Waals surface area contributed by atoms with Crippen molar-refractivity contribution in [1.29, 1.82) is 0 Å². The molecular formula is C11H20N2O3. The van der Waals surface area contributed by atoms with E-state index in [1.807, 2.05) is 13.8 Å². The van der Waals surface area contributed by atoms with Crippen molar-refractivity contribution in [3.05, 3.63) is 0 Å². The zero-order chi connectivity index (χ0) is 11.8. The van der Waals surface area contributed by atoms with Crippen LogP contribution in [0.5, 0.6) is 0 Å². The summed E-state index contributed by atoms with van der Waals surface area (Å²) in [5.74, 6) is -0.715. The Bertz CT molecular complexity index is 268. The number of nitrogens with one attached hydrogen (secondary N) is 1. The highest BCUT2D eigenvalue weighted by molar-refractivity contribution is 5.68. The summed E-state index contributed by atoms with van der Waals surface area (Å²) in [6.45, 7) is 7.31. The van der Waals surface area contributed by atoms with Crippen molar-refractivity contribution in [2.24, 2.45) is 0 Å². The van der Waals surface area contributed by atoms with Crippen molar-refractivity contribution in [3.8, 4) is 0 Å². The first kappa shape index (κ1) is 11.8. The number of ether oxygens (including phenoxy) is 1. The van der Waals surface area contributed by atoms with E-state index in [2.05, 4.69) is 10.2 Å². The van der Waals surface area contributed by atoms with Crippen LogP contribution in [0.4, 0.5) is 0 Å². The molecule has 0 bridgehead atoms. The van der Waals surface area contributed by atoms with E-state index < -0.39 is 5.97 Å². The number of carboxylic acids is 1. The topological polar surface area (TPSA) is 61.8 Å². The van der Waals surface area contributed by atoms with Gasteiger partial charge in [-0.25, -0.2) is 0 Å². The van der Waals surface area contributed by atoms with Gasteiger partial charge in [0.1, 0.15) is 0 Å². The highest BCUT2D eigenvalue weighted by Crippen LogP contribution is 2.28. The van der Waals surface area contributed by atoms with Gasteiger partial charge >= 0.3 is 5.97 Å². The lowest BCUT2D eigenvalue weighted by atomic mass is 9.85. The van der Waals surface area contributed by atoms with Crippen LogP contribution in [-0.4, -0.2) is 59.9 Å². The number of morpholine rings is 1. The minimum atomic E-state index is -0.715. The molecular weight excluding hydrogens is 208 g/mol. The SMILES string of the molecule is C[C@@H]1CN(C2(CC(=O)O)CNC2)C[C@H](C)O1. The molecule has 0 aromatic carbocycles. The normalized spacial score (nSPS) is 34.4. The van der Waals surface area contributed by atoms with Crippen LogP contribution >= 0.6 is 0 Å². The van der Waals surface area contributed by atoms with E-state index in [9.17, 15) is 4.79 Å². The quantitative estimate of drug-likeness (QED) is 0.707. The molecule has 0 saturated carbocycles. The Morgan fingerprint density at radius 1 is 1.44 bits per heavy atom. The van der Waals surface area contributed by atoms with E-state index in [0.29, 0.717) is 0 Å². The number of nitrogens with zero attached hydrogens (tertiary/aromatic N) is 1. The van der Waals surface area contributed by atoms with Crippen LogP contribution in [0.2, 0.25) is 0 Å². The number of aliphatic carboxylic acids is 1. The third kappa shape index (κ3) is 2.21. The van der Waals surface area contributed by atoms with E-state index in [-0.39, 0.29) is 24.2 Å². The summed E-state index contributed by atoms with van der Waals surface area (Å²) in [5, 5.41) is 12.2. The summed E-state index contributed by atoms with van der Waals surface area (Å²) in [5.41, 5.74) is -0.182. The van der Waals surface area contributed by atoms with E-state index in [1.54, 1.807) is 0 Å². The molecule has 2 fully saturated rings. The van der Waals surface area contributed by atoms with Gasteiger partial charge < -0.3 is 15.2 Å². The van der Waals surface area contributed by atoms with Gasteiger partial charge in [-0.3, -0.25) is 9.69 Å². The van der Waals surface area contributed by atoms with Gasteiger partial charge in [-0.05, 0) is 13.8 Å². The van der Waals surface area contributed by atoms with Gasteiger partial charge in [-0.1, -0.05) is 0 Å². The van der Waals surface area contributed by atoms with E-state index in [0.717, 1.165) is 26.2 Å². The van der Waals surface area contributed by atoms with Gasteiger partial charge in [0.25, 0.3) is 0 Å². The maximum absolute atomic E-state index is 10.9. The molecule has 92 valence electrons. The fourth-order valence-corrected chi connectivity index (χ4v) is 2.72. The van der Waals surface area contributed by atoms with Crippen LogP contribution in [0.15, 0.2) is 0 Å². The lowest BCUT2D eigenvalue weighted by Gasteiger charge is -2.53. The molecule has 2 aliphatic heterocycles. The van der Waals surface area contributed by atoms with Gasteiger partial charge in [0, 0.05) is 26.2 Å². The third-order valence-electron chi connectivity index (χ3n) is 3.48. The van der Waals surface area contributed by atoms with Gasteiger partial charge in [0.2, 0.25) is 0 Å². The molecule has 0 aromatic heterocycles. The monoisotopic (exact) mass is 228 g/mol. The van der Waals surface area contributed by atoms with Crippen molar-refractivity contribution in [2.45, 2.75) is 38.0 Å². The zero-order valence-corrected chi connectivity index (χ0v) is 9.90. The van der Waals surface area contributed by atoms with Gasteiger partial charge in [0.05, 0.1) is 24.2 Å². The number of carboxylic acid groups (broad SMARTS) is 1. The average Bonchev–Trinajstić information content (AvgIpc) is 2.09. The Morgan fingerprint density at radius 3 is 2.38 bits per heavy atom. The summed E-state index contributed by atoms with van der Waals surface area (Å²) in [6, 6.07) is 0. The Kier molecular flexibility index (Phi) is 3.19. The Balaban J connectivity index is 2.05. The first-order valence-electron chi connectivity index (χ1n) is 5.85. The summed E-state index contributed by atoms with van der Waals surface area (Å²) in [4.78, 5) is 13.2. The van der Waals surface area contributed by atoms with Gasteiger partial charge in [-0.2, -0.15) is 0 Å². The van der Waals surface area contributed by atoms with Crippen molar-refractivity contribution in [3.63, 3.8) is 0 Å². The largest absolute Gasteiger partial charge is 0.481 e. The highest BCUT2D eigenvalue weighted by atomic mass is 16.5. The molecule has 0 amide bonds. The molecule has 2 aliphatic rings. The molecule has 2 rings (SSSR count). The minimum absolute atomic E-state index is 0.182. The molecule has 0 unspecified atom stereocenters. The van der Waals surface area contributed by atoms with Crippen molar-refractivity contribution in [2.75, 3.05) is 26.2 Å². The third-order valence-corrected chi connectivity index (χ3v) is 3.48. The fraction of sp³-hybridized carbons (Fsp3) is 0.909. The predicted octanol–water partition coefficient (Wildman–Crippen LogP) is -0.0877. The summed E-state index contributed by atoms with van der Waals surface area (Å²) in [6.07, 6.45) is 0.601. The number of carbonyl (C=O) groups is 1. The van der Waals surface area contributed by atoms with Crippen LogP contribution in [0, 0.1) is 0 Å². The molecule has 2 N–H and O–H groups in total. The lowest BCUT2D eigenvalue weighted by molar-refractivity contribution is -0.149. The number of hydrogen-bond acceptors (Lipinski definition) is 4. The average molecular weight is 228 g/mol. The van der Waals surface area contributed by atoms with Crippen LogP contribution in [0.3, 0.4) is 0 Å². The van der Waals surface area contributed by atoms with Crippen LogP contribution in [-0.2, 0) is 9.53 Å². The second-order valence-electron chi connectivity index (χ2n) is 5.06. The number of hydrogen-bond donors (Lipinski definition) is 2. The molecule has 5 heteroatoms. The van der Waals surface area contributed by atoms with Crippen molar-refractivity contribution < 1.29 is 14.6 Å². The molecule has 2 saturated heterocycles. The zero-order valence-electron chi connectivity index (χ0n) is 9.90. The molecule has 0 radical (unpaired) electrons. The fourth-order valence-electron chi connectivity index (χ4n) is 2.72. The summed E-state index contributed by atoms with van der Waals surface area (Å²) < 4.78 is 5.68. The van der Waals surface area contributed by atoms with Crippen molar-refractivity contribution >= 4 is 5.97 Å². The molecule has 0 aliphatic carbocycles. The number of rotatable bonds is 3. The van der Waals surface area contributed by atoms with E-state index >= 15 is 0 Å². The van der Waals surface area contributed by atoms with Gasteiger partial charge in [-0.15, -0.1) is 0 Å². The summed E-state index contributed by atoms with van der Waals surface area (Å²) in [7, 11) is 0. The van der Waals surface area contributed by atoms with Crippen molar-refractivity contribution in [1.82, 2.24) is 10.2 Å². The highest BCUT2D eigenvalue weighted by Gasteiger charge is 2.46. The first-order chi connectivity index (χ1) is 7.52. The minimum Gasteiger partial charge on any atom is -0.481 e. The van der Waals surface area contributed by atoms with Crippen LogP contribution < -0.4 is 5.32 Å². The first-order valence-corrected chi connectivity index (χ1v) is 5.85. The van der Waals surface area contributed by atoms with E-state index in [4.69, 9.17) is 9.84 Å². The molecule has 2 heterocycles. The molecule has 0 aromatic rings. The van der Waals surface area contributed by atoms with Gasteiger partial charge in [0.15, 0.2) is 0 Å². The Morgan fingerprint density at radius 2 is 2.00 bits per heavy atom. The maximum Gasteiger partial charge on any atom is 0.305 e. The van der Waals surface area contributed by atoms with Crippen LogP contribution in [0.1, 0.15) is 20.3 Å². The Hall–Kier alpha value is -0.650. The molecule has 2 atom stereocenters. The van der Waals surface area contributed by atoms with Crippen LogP contribution in [0.25, 0.3) is 0 Å². The Labute approximate surface area is 95.8 Å². The second-order valence-corrected chi connectivity index (χ2v) is 5.06. The standard InChI is InChI=1S/C11H20N2O3/c1-8-4-13(5-9(2)16-8)11(3-10(14)15)6-12-7-11/h8-9,12H,3-7H2,1-2H3,(H,14,15)/t8-,9+. The van der Waals surface area contributed by atoms with E-state index in [1.165, 1.54) is 0 Å². The smallest absolute Gasteiger partial charge is 0.305 e. The lowest BCUT2D eigenvalue weighted by Crippen LogP contribution is -2.72. The molecule has 0 spiro atoms. The predicted molar refractivity (Wildman–Crippen MR) is 59.4 cm³/mol. The second kappa shape index (κ2) is 4.31.